The van der Waals surface area contributed by atoms with Gasteiger partial charge in [0.15, 0.2) is 21.2 Å². The average molecular weight is 351 g/mol. The van der Waals surface area contributed by atoms with Gasteiger partial charge in [-0.1, -0.05) is 12.1 Å². The third kappa shape index (κ3) is 3.28. The van der Waals surface area contributed by atoms with E-state index >= 15 is 0 Å². The van der Waals surface area contributed by atoms with Gasteiger partial charge in [0.1, 0.15) is 5.56 Å². The minimum atomic E-state index is -3.00. The van der Waals surface area contributed by atoms with Crippen molar-refractivity contribution in [1.29, 1.82) is 0 Å². The van der Waals surface area contributed by atoms with Gasteiger partial charge < -0.3 is 14.5 Å². The predicted molar refractivity (Wildman–Crippen MR) is 88.1 cm³/mol. The van der Waals surface area contributed by atoms with E-state index in [1.165, 1.54) is 13.2 Å². The molecule has 1 amide bonds. The minimum absolute atomic E-state index is 0.0663. The van der Waals surface area contributed by atoms with Crippen LogP contribution in [0.5, 0.6) is 5.75 Å². The molecule has 1 atom stereocenters. The first kappa shape index (κ1) is 16.5. The molecule has 2 heterocycles. The van der Waals surface area contributed by atoms with Crippen LogP contribution in [0.3, 0.4) is 0 Å². The molecular weight excluding hydrogens is 334 g/mol. The fourth-order valence-electron chi connectivity index (χ4n) is 2.80. The molecule has 128 valence electrons. The number of benzene rings is 1. The highest BCUT2D eigenvalue weighted by molar-refractivity contribution is 7.91. The lowest BCUT2D eigenvalue weighted by Gasteiger charge is -2.10. The standard InChI is InChI=1S/C16H17NO6S/c1-22-13-4-2-3-11-7-12(16(19)23-14(11)13)15(18)17-8-10-5-6-24(20,21)9-10/h2-4,7,10H,5-6,8-9H2,1H3,(H,17,18). The van der Waals surface area contributed by atoms with Crippen molar-refractivity contribution in [3.05, 3.63) is 40.2 Å². The molecule has 1 N–H and O–H groups in total. The molecule has 0 radical (unpaired) electrons. The number of methoxy groups -OCH3 is 1. The summed E-state index contributed by atoms with van der Waals surface area (Å²) >= 11 is 0. The quantitative estimate of drug-likeness (QED) is 0.823. The maximum atomic E-state index is 12.2. The highest BCUT2D eigenvalue weighted by atomic mass is 32.2. The molecule has 1 aliphatic heterocycles. The summed E-state index contributed by atoms with van der Waals surface area (Å²) in [7, 11) is -1.53. The van der Waals surface area contributed by atoms with E-state index in [2.05, 4.69) is 5.32 Å². The topological polar surface area (TPSA) is 103 Å². The number of carbonyl (C=O) groups excluding carboxylic acids is 1. The molecule has 1 aromatic heterocycles. The molecule has 0 spiro atoms. The second-order valence-electron chi connectivity index (χ2n) is 5.81. The first-order valence-electron chi connectivity index (χ1n) is 7.49. The van der Waals surface area contributed by atoms with Crippen molar-refractivity contribution in [3.63, 3.8) is 0 Å². The van der Waals surface area contributed by atoms with Gasteiger partial charge in [0.25, 0.3) is 5.91 Å². The number of fused-ring (bicyclic) bond motifs is 1. The van der Waals surface area contributed by atoms with Gasteiger partial charge in [0.2, 0.25) is 0 Å². The SMILES string of the molecule is COc1cccc2cc(C(=O)NCC3CCS(=O)(=O)C3)c(=O)oc12. The Bertz CT molecular complexity index is 947. The van der Waals surface area contributed by atoms with Crippen LogP contribution < -0.4 is 15.7 Å². The van der Waals surface area contributed by atoms with E-state index in [1.54, 1.807) is 18.2 Å². The molecule has 3 rings (SSSR count). The lowest BCUT2D eigenvalue weighted by Crippen LogP contribution is -2.32. The molecule has 2 aromatic rings. The van der Waals surface area contributed by atoms with Crippen molar-refractivity contribution in [3.8, 4) is 5.75 Å². The fraction of sp³-hybridized carbons (Fsp3) is 0.375. The van der Waals surface area contributed by atoms with Crippen LogP contribution in [0.1, 0.15) is 16.8 Å². The summed E-state index contributed by atoms with van der Waals surface area (Å²) in [4.78, 5) is 24.3. The number of hydrogen-bond donors (Lipinski definition) is 1. The van der Waals surface area contributed by atoms with Gasteiger partial charge in [0.05, 0.1) is 18.6 Å². The van der Waals surface area contributed by atoms with E-state index in [9.17, 15) is 18.0 Å². The van der Waals surface area contributed by atoms with Crippen LogP contribution in [0, 0.1) is 5.92 Å². The lowest BCUT2D eigenvalue weighted by atomic mass is 10.1. The smallest absolute Gasteiger partial charge is 0.349 e. The molecule has 1 unspecified atom stereocenters. The highest BCUT2D eigenvalue weighted by Gasteiger charge is 2.28. The van der Waals surface area contributed by atoms with E-state index in [1.807, 2.05) is 0 Å². The van der Waals surface area contributed by atoms with Crippen LogP contribution in [0.4, 0.5) is 0 Å². The molecular formula is C16H17NO6S. The summed E-state index contributed by atoms with van der Waals surface area (Å²) in [6.07, 6.45) is 0.520. The minimum Gasteiger partial charge on any atom is -0.493 e. The zero-order chi connectivity index (χ0) is 17.3. The molecule has 24 heavy (non-hydrogen) atoms. The predicted octanol–water partition coefficient (Wildman–Crippen LogP) is 0.966. The fourth-order valence-corrected chi connectivity index (χ4v) is 4.66. The Morgan fingerprint density at radius 3 is 2.88 bits per heavy atom. The van der Waals surface area contributed by atoms with Crippen LogP contribution in [-0.2, 0) is 9.84 Å². The number of hydrogen-bond acceptors (Lipinski definition) is 6. The Balaban J connectivity index is 1.80. The molecule has 0 bridgehead atoms. The summed E-state index contributed by atoms with van der Waals surface area (Å²) in [5, 5.41) is 3.19. The maximum Gasteiger partial charge on any atom is 0.349 e. The van der Waals surface area contributed by atoms with Crippen molar-refractivity contribution in [2.75, 3.05) is 25.2 Å². The van der Waals surface area contributed by atoms with E-state index in [0.29, 0.717) is 17.6 Å². The van der Waals surface area contributed by atoms with Gasteiger partial charge in [-0.15, -0.1) is 0 Å². The summed E-state index contributed by atoms with van der Waals surface area (Å²) in [6.45, 7) is 0.216. The zero-order valence-electron chi connectivity index (χ0n) is 13.1. The van der Waals surface area contributed by atoms with Crippen molar-refractivity contribution in [2.24, 2.45) is 5.92 Å². The molecule has 7 nitrogen and oxygen atoms in total. The normalized spacial score (nSPS) is 19.3. The van der Waals surface area contributed by atoms with Gasteiger partial charge in [-0.05, 0) is 24.5 Å². The first-order valence-corrected chi connectivity index (χ1v) is 9.31. The van der Waals surface area contributed by atoms with Crippen LogP contribution >= 0.6 is 0 Å². The number of ether oxygens (including phenoxy) is 1. The summed E-state index contributed by atoms with van der Waals surface area (Å²) < 4.78 is 33.2. The van der Waals surface area contributed by atoms with Crippen molar-refractivity contribution >= 4 is 26.7 Å². The van der Waals surface area contributed by atoms with Crippen LogP contribution in [-0.4, -0.2) is 39.5 Å². The Morgan fingerprint density at radius 1 is 1.42 bits per heavy atom. The second-order valence-corrected chi connectivity index (χ2v) is 8.03. The van der Waals surface area contributed by atoms with Gasteiger partial charge >= 0.3 is 5.63 Å². The van der Waals surface area contributed by atoms with E-state index in [4.69, 9.17) is 9.15 Å². The number of para-hydroxylation sites is 1. The number of carbonyl (C=O) groups is 1. The maximum absolute atomic E-state index is 12.2. The van der Waals surface area contributed by atoms with Crippen molar-refractivity contribution in [2.45, 2.75) is 6.42 Å². The molecule has 1 aliphatic rings. The Hall–Kier alpha value is -2.35. The highest BCUT2D eigenvalue weighted by Crippen LogP contribution is 2.24. The van der Waals surface area contributed by atoms with Crippen molar-refractivity contribution in [1.82, 2.24) is 5.32 Å². The monoisotopic (exact) mass is 351 g/mol. The Labute approximate surface area is 138 Å². The van der Waals surface area contributed by atoms with E-state index in [0.717, 1.165) is 0 Å². The molecule has 1 saturated heterocycles. The van der Waals surface area contributed by atoms with Gasteiger partial charge in [-0.25, -0.2) is 13.2 Å². The Kier molecular flexibility index (Phi) is 4.31. The number of sulfone groups is 1. The largest absolute Gasteiger partial charge is 0.493 e. The molecule has 1 fully saturated rings. The summed E-state index contributed by atoms with van der Waals surface area (Å²) in [5.74, 6) is -0.0700. The van der Waals surface area contributed by atoms with Crippen LogP contribution in [0.15, 0.2) is 33.5 Å². The zero-order valence-corrected chi connectivity index (χ0v) is 13.9. The lowest BCUT2D eigenvalue weighted by molar-refractivity contribution is 0.0945. The first-order chi connectivity index (χ1) is 11.4. The van der Waals surface area contributed by atoms with Gasteiger partial charge in [-0.2, -0.15) is 0 Å². The molecule has 0 aliphatic carbocycles. The number of amides is 1. The van der Waals surface area contributed by atoms with Gasteiger partial charge in [-0.3, -0.25) is 4.79 Å². The molecule has 8 heteroatoms. The van der Waals surface area contributed by atoms with E-state index in [-0.39, 0.29) is 35.1 Å². The third-order valence-electron chi connectivity index (χ3n) is 4.07. The number of nitrogens with one attached hydrogen (secondary N) is 1. The Morgan fingerprint density at radius 2 is 2.21 bits per heavy atom. The van der Waals surface area contributed by atoms with Crippen LogP contribution in [0.25, 0.3) is 11.0 Å². The molecule has 1 aromatic carbocycles. The average Bonchev–Trinajstić information content (AvgIpc) is 2.90. The van der Waals surface area contributed by atoms with E-state index < -0.39 is 21.4 Å². The second kappa shape index (κ2) is 6.27. The van der Waals surface area contributed by atoms with Crippen LogP contribution in [0.2, 0.25) is 0 Å². The summed E-state index contributed by atoms with van der Waals surface area (Å²) in [6, 6.07) is 6.54. The van der Waals surface area contributed by atoms with Gasteiger partial charge in [0, 0.05) is 11.9 Å². The van der Waals surface area contributed by atoms with Crippen molar-refractivity contribution < 1.29 is 22.4 Å². The molecule has 0 saturated carbocycles. The third-order valence-corrected chi connectivity index (χ3v) is 5.90. The summed E-state index contributed by atoms with van der Waals surface area (Å²) in [5.41, 5.74) is -0.594. The number of rotatable bonds is 4.